The molecule has 1 atom stereocenters. The zero-order valence-corrected chi connectivity index (χ0v) is 15.1. The molecule has 23 heavy (non-hydrogen) atoms. The Morgan fingerprint density at radius 2 is 1.39 bits per heavy atom. The van der Waals surface area contributed by atoms with Crippen molar-refractivity contribution in [2.75, 3.05) is 0 Å². The molecule has 0 bridgehead atoms. The average Bonchev–Trinajstić information content (AvgIpc) is 2.49. The van der Waals surface area contributed by atoms with Crippen LogP contribution >= 0.6 is 0 Å². The van der Waals surface area contributed by atoms with Gasteiger partial charge in [0.2, 0.25) is 0 Å². The first-order chi connectivity index (χ1) is 11.1. The standard InChI is InChI=1S/C19H36O4/c1-3-5-6-7-8-9-10-11-16-19(22)23-17(13-4-2)14-12-15-18(20)21/h17H,3-16H2,1-2H3,(H,20,21). The van der Waals surface area contributed by atoms with Crippen molar-refractivity contribution in [1.82, 2.24) is 0 Å². The molecule has 0 amide bonds. The van der Waals surface area contributed by atoms with Gasteiger partial charge in [0.15, 0.2) is 0 Å². The molecule has 0 heterocycles. The van der Waals surface area contributed by atoms with Gasteiger partial charge in [0.05, 0.1) is 0 Å². The van der Waals surface area contributed by atoms with Gasteiger partial charge in [0, 0.05) is 12.8 Å². The van der Waals surface area contributed by atoms with Gasteiger partial charge in [-0.1, -0.05) is 65.2 Å². The SMILES string of the molecule is CCCCCCCCCCC(=O)OC(CCC)CCCC(=O)O. The summed E-state index contributed by atoms with van der Waals surface area (Å²) in [5.74, 6) is -0.907. The maximum Gasteiger partial charge on any atom is 0.306 e. The Hall–Kier alpha value is -1.06. The molecule has 0 aromatic heterocycles. The van der Waals surface area contributed by atoms with Crippen LogP contribution in [0.4, 0.5) is 0 Å². The summed E-state index contributed by atoms with van der Waals surface area (Å²) < 4.78 is 5.50. The lowest BCUT2D eigenvalue weighted by atomic mass is 10.1. The Labute approximate surface area is 142 Å². The van der Waals surface area contributed by atoms with E-state index in [0.717, 1.165) is 25.7 Å². The first-order valence-electron chi connectivity index (χ1n) is 9.51. The van der Waals surface area contributed by atoms with Crippen molar-refractivity contribution in [3.05, 3.63) is 0 Å². The Kier molecular flexibility index (Phi) is 15.1. The molecule has 0 aliphatic rings. The third kappa shape index (κ3) is 15.6. The normalized spacial score (nSPS) is 12.1. The number of rotatable bonds is 16. The lowest BCUT2D eigenvalue weighted by Crippen LogP contribution is -2.18. The zero-order chi connectivity index (χ0) is 17.3. The lowest BCUT2D eigenvalue weighted by Gasteiger charge is -2.17. The molecule has 0 aromatic carbocycles. The number of carboxylic acids is 1. The molecule has 0 radical (unpaired) electrons. The summed E-state index contributed by atoms with van der Waals surface area (Å²) in [5, 5.41) is 8.67. The van der Waals surface area contributed by atoms with Crippen molar-refractivity contribution < 1.29 is 19.4 Å². The summed E-state index contributed by atoms with van der Waals surface area (Å²) >= 11 is 0. The molecule has 0 saturated carbocycles. The highest BCUT2D eigenvalue weighted by atomic mass is 16.5. The Balaban J connectivity index is 3.67. The van der Waals surface area contributed by atoms with E-state index in [9.17, 15) is 9.59 Å². The van der Waals surface area contributed by atoms with Crippen LogP contribution in [0.3, 0.4) is 0 Å². The summed E-state index contributed by atoms with van der Waals surface area (Å²) in [4.78, 5) is 22.4. The van der Waals surface area contributed by atoms with E-state index in [0.29, 0.717) is 19.3 Å². The van der Waals surface area contributed by atoms with Crippen LogP contribution in [0, 0.1) is 0 Å². The van der Waals surface area contributed by atoms with Crippen LogP contribution in [0.2, 0.25) is 0 Å². The van der Waals surface area contributed by atoms with Crippen LogP contribution in [-0.2, 0) is 14.3 Å². The average molecular weight is 328 g/mol. The van der Waals surface area contributed by atoms with Crippen molar-refractivity contribution in [1.29, 1.82) is 0 Å². The molecule has 0 aliphatic heterocycles. The fraction of sp³-hybridized carbons (Fsp3) is 0.895. The monoisotopic (exact) mass is 328 g/mol. The zero-order valence-electron chi connectivity index (χ0n) is 15.1. The predicted octanol–water partition coefficient (Wildman–Crippen LogP) is 5.48. The highest BCUT2D eigenvalue weighted by Gasteiger charge is 2.14. The summed E-state index contributed by atoms with van der Waals surface area (Å²) in [6.07, 6.45) is 13.2. The van der Waals surface area contributed by atoms with Crippen molar-refractivity contribution in [2.45, 2.75) is 110 Å². The minimum Gasteiger partial charge on any atom is -0.481 e. The maximum absolute atomic E-state index is 11.9. The van der Waals surface area contributed by atoms with Gasteiger partial charge in [-0.3, -0.25) is 9.59 Å². The second-order valence-corrected chi connectivity index (χ2v) is 6.41. The molecular formula is C19H36O4. The topological polar surface area (TPSA) is 63.6 Å². The number of esters is 1. The van der Waals surface area contributed by atoms with Gasteiger partial charge in [-0.05, 0) is 25.7 Å². The molecule has 1 N–H and O–H groups in total. The Morgan fingerprint density at radius 3 is 1.96 bits per heavy atom. The number of ether oxygens (including phenoxy) is 1. The second-order valence-electron chi connectivity index (χ2n) is 6.41. The van der Waals surface area contributed by atoms with Gasteiger partial charge in [-0.25, -0.2) is 0 Å². The smallest absolute Gasteiger partial charge is 0.306 e. The van der Waals surface area contributed by atoms with Crippen LogP contribution in [0.15, 0.2) is 0 Å². The molecule has 0 aromatic rings. The maximum atomic E-state index is 11.9. The minimum absolute atomic E-state index is 0.110. The van der Waals surface area contributed by atoms with Crippen LogP contribution in [-0.4, -0.2) is 23.1 Å². The first-order valence-corrected chi connectivity index (χ1v) is 9.51. The Bertz CT molecular complexity index is 302. The van der Waals surface area contributed by atoms with E-state index in [-0.39, 0.29) is 18.5 Å². The van der Waals surface area contributed by atoms with Crippen LogP contribution in [0.1, 0.15) is 104 Å². The van der Waals surface area contributed by atoms with Crippen molar-refractivity contribution in [2.24, 2.45) is 0 Å². The first kappa shape index (κ1) is 21.9. The minimum atomic E-state index is -0.787. The van der Waals surface area contributed by atoms with Crippen LogP contribution in [0.25, 0.3) is 0 Å². The Morgan fingerprint density at radius 1 is 0.783 bits per heavy atom. The van der Waals surface area contributed by atoms with E-state index in [1.165, 1.54) is 38.5 Å². The summed E-state index contributed by atoms with van der Waals surface area (Å²) in [6, 6.07) is 0. The molecular weight excluding hydrogens is 292 g/mol. The fourth-order valence-electron chi connectivity index (χ4n) is 2.71. The van der Waals surface area contributed by atoms with Crippen molar-refractivity contribution in [3.8, 4) is 0 Å². The summed E-state index contributed by atoms with van der Waals surface area (Å²) in [7, 11) is 0. The van der Waals surface area contributed by atoms with Crippen molar-refractivity contribution >= 4 is 11.9 Å². The van der Waals surface area contributed by atoms with Gasteiger partial charge >= 0.3 is 11.9 Å². The third-order valence-corrected chi connectivity index (χ3v) is 4.06. The molecule has 0 spiro atoms. The van der Waals surface area contributed by atoms with Gasteiger partial charge in [-0.15, -0.1) is 0 Å². The second kappa shape index (κ2) is 15.8. The van der Waals surface area contributed by atoms with Crippen molar-refractivity contribution in [3.63, 3.8) is 0 Å². The number of aliphatic carboxylic acids is 1. The van der Waals surface area contributed by atoms with E-state index < -0.39 is 5.97 Å². The molecule has 0 saturated heterocycles. The number of unbranched alkanes of at least 4 members (excludes halogenated alkanes) is 7. The molecule has 1 unspecified atom stereocenters. The lowest BCUT2D eigenvalue weighted by molar-refractivity contribution is -0.150. The molecule has 4 nitrogen and oxygen atoms in total. The van der Waals surface area contributed by atoms with E-state index in [1.807, 2.05) is 0 Å². The van der Waals surface area contributed by atoms with Crippen LogP contribution < -0.4 is 0 Å². The number of carbonyl (C=O) groups is 2. The van der Waals surface area contributed by atoms with E-state index in [2.05, 4.69) is 13.8 Å². The van der Waals surface area contributed by atoms with E-state index in [4.69, 9.17) is 9.84 Å². The van der Waals surface area contributed by atoms with Gasteiger partial charge < -0.3 is 9.84 Å². The molecule has 0 fully saturated rings. The molecule has 136 valence electrons. The molecule has 4 heteroatoms. The number of hydrogen-bond donors (Lipinski definition) is 1. The number of carbonyl (C=O) groups excluding carboxylic acids is 1. The highest BCUT2D eigenvalue weighted by molar-refractivity contribution is 5.69. The van der Waals surface area contributed by atoms with Gasteiger partial charge in [0.1, 0.15) is 6.10 Å². The third-order valence-electron chi connectivity index (χ3n) is 4.06. The number of hydrogen-bond acceptors (Lipinski definition) is 3. The van der Waals surface area contributed by atoms with E-state index >= 15 is 0 Å². The van der Waals surface area contributed by atoms with Gasteiger partial charge in [0.25, 0.3) is 0 Å². The van der Waals surface area contributed by atoms with Crippen LogP contribution in [0.5, 0.6) is 0 Å². The number of carboxylic acid groups (broad SMARTS) is 1. The van der Waals surface area contributed by atoms with Gasteiger partial charge in [-0.2, -0.15) is 0 Å². The molecule has 0 rings (SSSR count). The van der Waals surface area contributed by atoms with E-state index in [1.54, 1.807) is 0 Å². The summed E-state index contributed by atoms with van der Waals surface area (Å²) in [5.41, 5.74) is 0. The largest absolute Gasteiger partial charge is 0.481 e. The fourth-order valence-corrected chi connectivity index (χ4v) is 2.71. The quantitative estimate of drug-likeness (QED) is 0.301. The molecule has 0 aliphatic carbocycles. The predicted molar refractivity (Wildman–Crippen MR) is 93.5 cm³/mol. The highest BCUT2D eigenvalue weighted by Crippen LogP contribution is 2.14. The summed E-state index contributed by atoms with van der Waals surface area (Å²) in [6.45, 7) is 4.27.